The van der Waals surface area contributed by atoms with Crippen LogP contribution in [0.4, 0.5) is 0 Å². The first-order chi connectivity index (χ1) is 10.5. The third kappa shape index (κ3) is 3.05. The summed E-state index contributed by atoms with van der Waals surface area (Å²) in [5.41, 5.74) is 0.596. The van der Waals surface area contributed by atoms with Crippen LogP contribution in [0, 0.1) is 13.8 Å². The van der Waals surface area contributed by atoms with Gasteiger partial charge in [0.15, 0.2) is 0 Å². The quantitative estimate of drug-likeness (QED) is 0.933. The minimum absolute atomic E-state index is 0.0262. The molecule has 7 heteroatoms. The molecule has 3 rings (SSSR count). The number of hydrogen-bond acceptors (Lipinski definition) is 6. The van der Waals surface area contributed by atoms with E-state index in [1.165, 1.54) is 0 Å². The Morgan fingerprint density at radius 3 is 2.95 bits per heavy atom. The van der Waals surface area contributed by atoms with E-state index in [4.69, 9.17) is 4.42 Å². The summed E-state index contributed by atoms with van der Waals surface area (Å²) in [6.07, 6.45) is 2.58. The van der Waals surface area contributed by atoms with Gasteiger partial charge in [-0.05, 0) is 20.3 Å². The van der Waals surface area contributed by atoms with Crippen LogP contribution in [0.25, 0.3) is 0 Å². The monoisotopic (exact) mass is 320 g/mol. The molecule has 1 fully saturated rings. The van der Waals surface area contributed by atoms with Crippen LogP contribution in [-0.4, -0.2) is 33.9 Å². The van der Waals surface area contributed by atoms with Gasteiger partial charge in [0.1, 0.15) is 16.3 Å². The number of nitrogens with one attached hydrogen (secondary N) is 1. The number of hydrogen-bond donors (Lipinski definition) is 1. The van der Waals surface area contributed by atoms with Gasteiger partial charge in [-0.1, -0.05) is 0 Å². The van der Waals surface area contributed by atoms with Crippen molar-refractivity contribution in [3.8, 4) is 0 Å². The van der Waals surface area contributed by atoms with E-state index in [1.807, 2.05) is 19.2 Å². The van der Waals surface area contributed by atoms with Crippen molar-refractivity contribution < 1.29 is 9.21 Å². The largest absolute Gasteiger partial charge is 0.445 e. The zero-order valence-electron chi connectivity index (χ0n) is 13.0. The lowest BCUT2D eigenvalue weighted by atomic mass is 9.99. The molecular weight excluding hydrogens is 300 g/mol. The summed E-state index contributed by atoms with van der Waals surface area (Å²) >= 11 is 1.61. The second-order valence-electron chi connectivity index (χ2n) is 5.88. The number of carbonyl (C=O) groups is 1. The molecule has 0 saturated carbocycles. The van der Waals surface area contributed by atoms with Gasteiger partial charge in [0.05, 0.1) is 12.7 Å². The Labute approximate surface area is 133 Å². The molecule has 0 bridgehead atoms. The van der Waals surface area contributed by atoms with Crippen molar-refractivity contribution in [1.82, 2.24) is 20.2 Å². The Hall–Kier alpha value is -1.73. The van der Waals surface area contributed by atoms with E-state index in [0.29, 0.717) is 12.4 Å². The Balaban J connectivity index is 1.79. The molecule has 22 heavy (non-hydrogen) atoms. The Kier molecular flexibility index (Phi) is 4.01. The molecular formula is C15H20N4O2S. The SMILES string of the molecule is CC(=O)NC1(c2nc(C)cs2)CCN(Cc2ncc(C)o2)C1. The van der Waals surface area contributed by atoms with E-state index < -0.39 is 5.54 Å². The highest BCUT2D eigenvalue weighted by molar-refractivity contribution is 7.09. The number of rotatable bonds is 4. The molecule has 0 spiro atoms. The first-order valence-electron chi connectivity index (χ1n) is 7.32. The van der Waals surface area contributed by atoms with Crippen molar-refractivity contribution in [2.24, 2.45) is 0 Å². The molecule has 6 nitrogen and oxygen atoms in total. The molecule has 1 atom stereocenters. The normalized spacial score (nSPS) is 22.1. The van der Waals surface area contributed by atoms with Gasteiger partial charge in [-0.3, -0.25) is 9.69 Å². The molecule has 1 saturated heterocycles. The highest BCUT2D eigenvalue weighted by Crippen LogP contribution is 2.34. The van der Waals surface area contributed by atoms with E-state index in [9.17, 15) is 4.79 Å². The highest BCUT2D eigenvalue weighted by atomic mass is 32.1. The maximum Gasteiger partial charge on any atom is 0.217 e. The highest BCUT2D eigenvalue weighted by Gasteiger charge is 2.42. The van der Waals surface area contributed by atoms with Crippen LogP contribution >= 0.6 is 11.3 Å². The molecule has 2 aromatic rings. The van der Waals surface area contributed by atoms with E-state index in [2.05, 4.69) is 20.2 Å². The lowest BCUT2D eigenvalue weighted by molar-refractivity contribution is -0.120. The summed E-state index contributed by atoms with van der Waals surface area (Å²) < 4.78 is 5.55. The molecule has 0 aromatic carbocycles. The third-order valence-corrected chi connectivity index (χ3v) is 4.98. The Morgan fingerprint density at radius 2 is 2.36 bits per heavy atom. The number of oxazole rings is 1. The second kappa shape index (κ2) is 5.81. The fourth-order valence-electron chi connectivity index (χ4n) is 2.93. The average molecular weight is 320 g/mol. The molecule has 118 valence electrons. The van der Waals surface area contributed by atoms with Crippen molar-refractivity contribution in [1.29, 1.82) is 0 Å². The predicted molar refractivity (Wildman–Crippen MR) is 83.5 cm³/mol. The smallest absolute Gasteiger partial charge is 0.217 e. The molecule has 1 aliphatic rings. The van der Waals surface area contributed by atoms with Gasteiger partial charge in [-0.25, -0.2) is 9.97 Å². The summed E-state index contributed by atoms with van der Waals surface area (Å²) in [6.45, 7) is 7.67. The summed E-state index contributed by atoms with van der Waals surface area (Å²) in [5, 5.41) is 6.13. The minimum atomic E-state index is -0.396. The second-order valence-corrected chi connectivity index (χ2v) is 6.74. The standard InChI is InChI=1S/C15H20N4O2S/c1-10-8-22-14(17-10)15(18-12(3)20)4-5-19(9-15)7-13-16-6-11(2)21-13/h6,8H,4-5,7,9H2,1-3H3,(H,18,20). The number of carbonyl (C=O) groups excluding carboxylic acids is 1. The van der Waals surface area contributed by atoms with Crippen molar-refractivity contribution in [3.63, 3.8) is 0 Å². The third-order valence-electron chi connectivity index (χ3n) is 3.82. The number of likely N-dealkylation sites (tertiary alicyclic amines) is 1. The predicted octanol–water partition coefficient (Wildman–Crippen LogP) is 1.99. The number of thiazole rings is 1. The first-order valence-corrected chi connectivity index (χ1v) is 8.20. The lowest BCUT2D eigenvalue weighted by Gasteiger charge is -2.28. The summed E-state index contributed by atoms with van der Waals surface area (Å²) in [7, 11) is 0. The summed E-state index contributed by atoms with van der Waals surface area (Å²) in [5.74, 6) is 1.51. The molecule has 0 radical (unpaired) electrons. The van der Waals surface area contributed by atoms with E-state index in [0.717, 1.165) is 36.0 Å². The van der Waals surface area contributed by atoms with Crippen LogP contribution in [0.1, 0.15) is 35.7 Å². The molecule has 0 aliphatic carbocycles. The molecule has 1 unspecified atom stereocenters. The Morgan fingerprint density at radius 1 is 1.55 bits per heavy atom. The number of aryl methyl sites for hydroxylation is 2. The lowest BCUT2D eigenvalue weighted by Crippen LogP contribution is -2.47. The fraction of sp³-hybridized carbons (Fsp3) is 0.533. The van der Waals surface area contributed by atoms with Crippen molar-refractivity contribution in [3.05, 3.63) is 33.9 Å². The van der Waals surface area contributed by atoms with Gasteiger partial charge < -0.3 is 9.73 Å². The fourth-order valence-corrected chi connectivity index (χ4v) is 3.91. The van der Waals surface area contributed by atoms with Crippen LogP contribution in [-0.2, 0) is 16.9 Å². The van der Waals surface area contributed by atoms with E-state index >= 15 is 0 Å². The average Bonchev–Trinajstić information content (AvgIpc) is 3.12. The van der Waals surface area contributed by atoms with E-state index in [1.54, 1.807) is 24.5 Å². The minimum Gasteiger partial charge on any atom is -0.445 e. The topological polar surface area (TPSA) is 71.3 Å². The molecule has 2 aromatic heterocycles. The van der Waals surface area contributed by atoms with Crippen LogP contribution in [0.3, 0.4) is 0 Å². The molecule has 1 amide bonds. The number of nitrogens with zero attached hydrogens (tertiary/aromatic N) is 3. The van der Waals surface area contributed by atoms with Crippen LogP contribution < -0.4 is 5.32 Å². The molecule has 1 aliphatic heterocycles. The van der Waals surface area contributed by atoms with Gasteiger partial charge in [-0.15, -0.1) is 11.3 Å². The maximum atomic E-state index is 11.7. The molecule has 1 N–H and O–H groups in total. The van der Waals surface area contributed by atoms with Crippen LogP contribution in [0.15, 0.2) is 16.0 Å². The van der Waals surface area contributed by atoms with Crippen LogP contribution in [0.5, 0.6) is 0 Å². The number of amides is 1. The van der Waals surface area contributed by atoms with Crippen LogP contribution in [0.2, 0.25) is 0 Å². The summed E-state index contributed by atoms with van der Waals surface area (Å²) in [4.78, 5) is 22.8. The van der Waals surface area contributed by atoms with Gasteiger partial charge in [-0.2, -0.15) is 0 Å². The van der Waals surface area contributed by atoms with Gasteiger partial charge >= 0.3 is 0 Å². The summed E-state index contributed by atoms with van der Waals surface area (Å²) in [6, 6.07) is 0. The zero-order chi connectivity index (χ0) is 15.7. The van der Waals surface area contributed by atoms with Crippen molar-refractivity contribution in [2.75, 3.05) is 13.1 Å². The first kappa shape index (κ1) is 15.2. The van der Waals surface area contributed by atoms with Gasteiger partial charge in [0.25, 0.3) is 0 Å². The Bertz CT molecular complexity index is 681. The molecule has 3 heterocycles. The van der Waals surface area contributed by atoms with Gasteiger partial charge in [0, 0.05) is 31.1 Å². The van der Waals surface area contributed by atoms with Gasteiger partial charge in [0.2, 0.25) is 11.8 Å². The van der Waals surface area contributed by atoms with E-state index in [-0.39, 0.29) is 5.91 Å². The zero-order valence-corrected chi connectivity index (χ0v) is 13.9. The van der Waals surface area contributed by atoms with Crippen molar-refractivity contribution >= 4 is 17.2 Å². The maximum absolute atomic E-state index is 11.7. The number of aromatic nitrogens is 2. The van der Waals surface area contributed by atoms with Crippen molar-refractivity contribution in [2.45, 2.75) is 39.3 Å².